The minimum Gasteiger partial charge on any atom is -0.468 e. The van der Waals surface area contributed by atoms with Gasteiger partial charge in [-0.05, 0) is 32.2 Å². The number of hydrogen-bond acceptors (Lipinski definition) is 8. The average Bonchev–Trinajstić information content (AvgIpc) is 3.27. The summed E-state index contributed by atoms with van der Waals surface area (Å²) in [6.07, 6.45) is 52.7. The summed E-state index contributed by atoms with van der Waals surface area (Å²) in [5.41, 5.74) is 5.85. The Kier molecular flexibility index (Phi) is 49.0. The van der Waals surface area contributed by atoms with Gasteiger partial charge in [0.05, 0.1) is 7.11 Å². The van der Waals surface area contributed by atoms with Gasteiger partial charge in [0.2, 0.25) is 0 Å². The highest BCUT2D eigenvalue weighted by Gasteiger charge is 2.17. The van der Waals surface area contributed by atoms with Crippen LogP contribution in [0.5, 0.6) is 0 Å². The molecule has 0 saturated heterocycles. The minimum atomic E-state index is -0.605. The Morgan fingerprint density at radius 3 is 1.10 bits per heavy atom. The van der Waals surface area contributed by atoms with E-state index in [0.717, 1.165) is 44.9 Å². The summed E-state index contributed by atoms with van der Waals surface area (Å²) in [6.45, 7) is 5.75. The van der Waals surface area contributed by atoms with Gasteiger partial charge in [-0.25, -0.2) is 0 Å². The summed E-state index contributed by atoms with van der Waals surface area (Å²) in [7, 11) is 1.35. The molecule has 0 amide bonds. The molecule has 0 heterocycles. The zero-order valence-electron chi connectivity index (χ0n) is 41.7. The molecular formula is C54H106N2O6. The van der Waals surface area contributed by atoms with Gasteiger partial charge >= 0.3 is 17.9 Å². The fourth-order valence-electron chi connectivity index (χ4n) is 8.48. The van der Waals surface area contributed by atoms with Crippen LogP contribution in [-0.2, 0) is 28.6 Å². The fourth-order valence-corrected chi connectivity index (χ4v) is 8.48. The topological polar surface area (TPSA) is 117 Å². The van der Waals surface area contributed by atoms with E-state index in [1.54, 1.807) is 0 Å². The number of carbonyl (C=O) groups excluding carboxylic acids is 3. The van der Waals surface area contributed by atoms with Gasteiger partial charge in [0.1, 0.15) is 18.8 Å². The molecule has 0 radical (unpaired) electrons. The van der Waals surface area contributed by atoms with Gasteiger partial charge in [-0.15, -0.1) is 0 Å². The first-order valence-corrected chi connectivity index (χ1v) is 27.3. The van der Waals surface area contributed by atoms with Gasteiger partial charge in [-0.3, -0.25) is 14.4 Å². The first-order valence-electron chi connectivity index (χ1n) is 27.3. The number of nitrogens with two attached hydrogens (primary N) is 1. The van der Waals surface area contributed by atoms with Crippen molar-refractivity contribution in [1.82, 2.24) is 5.32 Å². The molecule has 0 rings (SSSR count). The van der Waals surface area contributed by atoms with Gasteiger partial charge in [-0.1, -0.05) is 251 Å². The van der Waals surface area contributed by atoms with Crippen molar-refractivity contribution in [3.63, 3.8) is 0 Å². The largest absolute Gasteiger partial charge is 0.468 e. The van der Waals surface area contributed by atoms with Crippen LogP contribution in [-0.4, -0.2) is 56.9 Å². The highest BCUT2D eigenvalue weighted by atomic mass is 16.6. The summed E-state index contributed by atoms with van der Waals surface area (Å²) in [4.78, 5) is 37.0. The lowest BCUT2D eigenvalue weighted by atomic mass is 10.0. The summed E-state index contributed by atoms with van der Waals surface area (Å²) in [5, 5.41) is 3.34. The Morgan fingerprint density at radius 2 is 0.758 bits per heavy atom. The Hall–Kier alpha value is -1.67. The standard InChI is InChI=1S/C54H106N2O6/c1-4-6-8-10-12-14-16-18-20-22-24-26-28-30-32-34-36-38-40-45-52(57)61-49-50(48-56-47-43-42-44-51(55)54(59)60-3)62-53(58)46-41-39-37-35-33-31-29-27-25-23-21-19-17-15-13-11-9-7-5-2/h50-51,56H,4-49,55H2,1-3H3. The summed E-state index contributed by atoms with van der Waals surface area (Å²) >= 11 is 0. The van der Waals surface area contributed by atoms with E-state index in [-0.39, 0.29) is 18.5 Å². The molecule has 8 heteroatoms. The number of hydrogen-bond donors (Lipinski definition) is 2. The van der Waals surface area contributed by atoms with Crippen LogP contribution in [0, 0.1) is 0 Å². The van der Waals surface area contributed by atoms with E-state index in [1.807, 2.05) is 0 Å². The van der Waals surface area contributed by atoms with Crippen LogP contribution in [0.1, 0.15) is 290 Å². The van der Waals surface area contributed by atoms with Gasteiger partial charge in [0.15, 0.2) is 0 Å². The van der Waals surface area contributed by atoms with Crippen LogP contribution in [0.4, 0.5) is 0 Å². The third-order valence-electron chi connectivity index (χ3n) is 12.7. The number of nitrogens with one attached hydrogen (secondary N) is 1. The monoisotopic (exact) mass is 879 g/mol. The van der Waals surface area contributed by atoms with Gasteiger partial charge in [0.25, 0.3) is 0 Å². The quantitative estimate of drug-likeness (QED) is 0.0352. The molecule has 0 bridgehead atoms. The fraction of sp³-hybridized carbons (Fsp3) is 0.944. The Bertz CT molecular complexity index is 948. The maximum Gasteiger partial charge on any atom is 0.322 e. The first-order chi connectivity index (χ1) is 30.4. The normalized spacial score (nSPS) is 12.4. The zero-order valence-corrected chi connectivity index (χ0v) is 41.7. The predicted octanol–water partition coefficient (Wildman–Crippen LogP) is 15.3. The third kappa shape index (κ3) is 46.3. The smallest absolute Gasteiger partial charge is 0.322 e. The SMILES string of the molecule is CCCCCCCCCCCCCCCCCCCCCC(=O)OCC(CNCCCCC(N)C(=O)OC)OC(=O)CCCCCCCCCCCCCCCCCCCCC. The van der Waals surface area contributed by atoms with Crippen LogP contribution >= 0.6 is 0 Å². The maximum atomic E-state index is 12.8. The Labute approximate surface area is 385 Å². The van der Waals surface area contributed by atoms with Crippen LogP contribution in [0.2, 0.25) is 0 Å². The second-order valence-corrected chi connectivity index (χ2v) is 18.9. The summed E-state index contributed by atoms with van der Waals surface area (Å²) in [6, 6.07) is -0.605. The summed E-state index contributed by atoms with van der Waals surface area (Å²) < 4.78 is 16.1. The van der Waals surface area contributed by atoms with E-state index >= 15 is 0 Å². The molecule has 0 aliphatic rings. The lowest BCUT2D eigenvalue weighted by Gasteiger charge is -2.19. The molecule has 0 spiro atoms. The van der Waals surface area contributed by atoms with E-state index < -0.39 is 18.1 Å². The predicted molar refractivity (Wildman–Crippen MR) is 264 cm³/mol. The van der Waals surface area contributed by atoms with Crippen molar-refractivity contribution in [1.29, 1.82) is 0 Å². The van der Waals surface area contributed by atoms with E-state index in [4.69, 9.17) is 19.9 Å². The molecular weight excluding hydrogens is 773 g/mol. The van der Waals surface area contributed by atoms with E-state index in [9.17, 15) is 14.4 Å². The molecule has 0 fully saturated rings. The number of ether oxygens (including phenoxy) is 3. The second kappa shape index (κ2) is 50.3. The van der Waals surface area contributed by atoms with E-state index in [0.29, 0.717) is 32.4 Å². The molecule has 0 saturated carbocycles. The van der Waals surface area contributed by atoms with Crippen molar-refractivity contribution in [3.8, 4) is 0 Å². The number of carbonyl (C=O) groups is 3. The van der Waals surface area contributed by atoms with Gasteiger partial charge in [-0.2, -0.15) is 0 Å². The molecule has 2 unspecified atom stereocenters. The van der Waals surface area contributed by atoms with Gasteiger partial charge in [0, 0.05) is 19.4 Å². The van der Waals surface area contributed by atoms with Crippen LogP contribution < -0.4 is 11.1 Å². The highest BCUT2D eigenvalue weighted by molar-refractivity contribution is 5.75. The number of esters is 3. The van der Waals surface area contributed by atoms with E-state index in [1.165, 1.54) is 219 Å². The molecule has 0 aliphatic carbocycles. The lowest BCUT2D eigenvalue weighted by Crippen LogP contribution is -2.36. The molecule has 8 nitrogen and oxygen atoms in total. The molecule has 368 valence electrons. The first kappa shape index (κ1) is 60.3. The molecule has 2 atom stereocenters. The van der Waals surface area contributed by atoms with E-state index in [2.05, 4.69) is 19.2 Å². The van der Waals surface area contributed by atoms with Crippen molar-refractivity contribution < 1.29 is 28.6 Å². The second-order valence-electron chi connectivity index (χ2n) is 18.9. The average molecular weight is 879 g/mol. The molecule has 0 aliphatic heterocycles. The van der Waals surface area contributed by atoms with Crippen LogP contribution in [0.25, 0.3) is 0 Å². The number of rotatable bonds is 51. The molecule has 3 N–H and O–H groups in total. The van der Waals surface area contributed by atoms with Crippen molar-refractivity contribution in [2.75, 3.05) is 26.8 Å². The summed E-state index contributed by atoms with van der Waals surface area (Å²) in [5.74, 6) is -0.826. The molecule has 0 aromatic carbocycles. The van der Waals surface area contributed by atoms with Crippen LogP contribution in [0.15, 0.2) is 0 Å². The zero-order chi connectivity index (χ0) is 45.2. The van der Waals surface area contributed by atoms with Crippen molar-refractivity contribution in [2.45, 2.75) is 302 Å². The van der Waals surface area contributed by atoms with Crippen molar-refractivity contribution >= 4 is 17.9 Å². The van der Waals surface area contributed by atoms with Crippen molar-refractivity contribution in [3.05, 3.63) is 0 Å². The third-order valence-corrected chi connectivity index (χ3v) is 12.7. The van der Waals surface area contributed by atoms with Crippen LogP contribution in [0.3, 0.4) is 0 Å². The highest BCUT2D eigenvalue weighted by Crippen LogP contribution is 2.17. The Morgan fingerprint density at radius 1 is 0.435 bits per heavy atom. The van der Waals surface area contributed by atoms with Crippen molar-refractivity contribution in [2.24, 2.45) is 5.73 Å². The maximum absolute atomic E-state index is 12.8. The Balaban J connectivity index is 4.08. The molecule has 62 heavy (non-hydrogen) atoms. The number of methoxy groups -OCH3 is 1. The lowest BCUT2D eigenvalue weighted by molar-refractivity contribution is -0.159. The minimum absolute atomic E-state index is 0.0725. The molecule has 0 aromatic rings. The van der Waals surface area contributed by atoms with Gasteiger partial charge < -0.3 is 25.3 Å². The number of unbranched alkanes of at least 4 members (excludes halogenated alkanes) is 37. The molecule has 0 aromatic heterocycles.